The van der Waals surface area contributed by atoms with Crippen molar-refractivity contribution in [2.75, 3.05) is 11.9 Å². The third-order valence-electron chi connectivity index (χ3n) is 3.62. The highest BCUT2D eigenvalue weighted by atomic mass is 35.5. The van der Waals surface area contributed by atoms with E-state index in [4.69, 9.17) is 16.3 Å². The van der Waals surface area contributed by atoms with Crippen molar-refractivity contribution in [2.45, 2.75) is 26.3 Å². The molecule has 0 aliphatic heterocycles. The van der Waals surface area contributed by atoms with Gasteiger partial charge in [0.05, 0.1) is 11.3 Å². The number of carbonyl (C=O) groups excluding carboxylic acids is 2. The summed E-state index contributed by atoms with van der Waals surface area (Å²) in [6.07, 6.45) is 0.829. The van der Waals surface area contributed by atoms with E-state index in [1.54, 1.807) is 48.5 Å². The molecule has 2 aromatic rings. The number of anilines is 1. The molecule has 2 N–H and O–H groups in total. The third-order valence-corrected chi connectivity index (χ3v) is 3.87. The average molecular weight is 361 g/mol. The lowest BCUT2D eigenvalue weighted by atomic mass is 10.1. The Bertz CT molecular complexity index is 732. The van der Waals surface area contributed by atoms with E-state index in [-0.39, 0.29) is 24.5 Å². The van der Waals surface area contributed by atoms with Crippen molar-refractivity contribution in [1.29, 1.82) is 0 Å². The molecule has 25 heavy (non-hydrogen) atoms. The minimum atomic E-state index is -0.348. The Morgan fingerprint density at radius 3 is 2.48 bits per heavy atom. The van der Waals surface area contributed by atoms with Crippen LogP contribution in [0, 0.1) is 0 Å². The SMILES string of the molecule is CC[C@@H](C)NC(=O)c1ccccc1NC(=O)COc1ccc(Cl)cc1. The van der Waals surface area contributed by atoms with Gasteiger partial charge in [-0.2, -0.15) is 0 Å². The minimum absolute atomic E-state index is 0.0597. The number of halogens is 1. The number of ether oxygens (including phenoxy) is 1. The number of rotatable bonds is 7. The van der Waals surface area contributed by atoms with Gasteiger partial charge in [-0.15, -0.1) is 0 Å². The maximum atomic E-state index is 12.3. The van der Waals surface area contributed by atoms with Crippen molar-refractivity contribution in [1.82, 2.24) is 5.32 Å². The van der Waals surface area contributed by atoms with Gasteiger partial charge >= 0.3 is 0 Å². The molecule has 2 aromatic carbocycles. The molecule has 0 aliphatic carbocycles. The second kappa shape index (κ2) is 9.08. The summed E-state index contributed by atoms with van der Waals surface area (Å²) in [5.41, 5.74) is 0.871. The lowest BCUT2D eigenvalue weighted by Gasteiger charge is -2.15. The van der Waals surface area contributed by atoms with Gasteiger partial charge in [-0.25, -0.2) is 0 Å². The van der Waals surface area contributed by atoms with Crippen molar-refractivity contribution < 1.29 is 14.3 Å². The van der Waals surface area contributed by atoms with Crippen molar-refractivity contribution in [3.63, 3.8) is 0 Å². The summed E-state index contributed by atoms with van der Waals surface area (Å²) in [5.74, 6) is -0.0232. The highest BCUT2D eigenvalue weighted by Crippen LogP contribution is 2.17. The predicted molar refractivity (Wildman–Crippen MR) is 99.2 cm³/mol. The average Bonchev–Trinajstić information content (AvgIpc) is 2.61. The molecule has 0 aliphatic rings. The van der Waals surface area contributed by atoms with Crippen LogP contribution in [0.2, 0.25) is 5.02 Å². The summed E-state index contributed by atoms with van der Waals surface area (Å²) in [7, 11) is 0. The maximum absolute atomic E-state index is 12.3. The van der Waals surface area contributed by atoms with Gasteiger partial charge in [0.2, 0.25) is 0 Å². The quantitative estimate of drug-likeness (QED) is 0.787. The number of nitrogens with one attached hydrogen (secondary N) is 2. The van der Waals surface area contributed by atoms with Crippen LogP contribution in [-0.2, 0) is 4.79 Å². The molecule has 0 bridgehead atoms. The van der Waals surface area contributed by atoms with E-state index in [1.165, 1.54) is 0 Å². The van der Waals surface area contributed by atoms with Gasteiger partial charge in [0.15, 0.2) is 6.61 Å². The van der Waals surface area contributed by atoms with E-state index >= 15 is 0 Å². The van der Waals surface area contributed by atoms with Gasteiger partial charge in [0.1, 0.15) is 5.75 Å². The smallest absolute Gasteiger partial charge is 0.262 e. The lowest BCUT2D eigenvalue weighted by Crippen LogP contribution is -2.33. The van der Waals surface area contributed by atoms with Gasteiger partial charge < -0.3 is 15.4 Å². The number of hydrogen-bond acceptors (Lipinski definition) is 3. The van der Waals surface area contributed by atoms with E-state index in [9.17, 15) is 9.59 Å². The molecule has 5 nitrogen and oxygen atoms in total. The Kier molecular flexibility index (Phi) is 6.83. The Morgan fingerprint density at radius 2 is 1.80 bits per heavy atom. The maximum Gasteiger partial charge on any atom is 0.262 e. The molecule has 0 radical (unpaired) electrons. The van der Waals surface area contributed by atoms with E-state index in [2.05, 4.69) is 10.6 Å². The molecule has 2 rings (SSSR count). The van der Waals surface area contributed by atoms with Crippen LogP contribution in [0.25, 0.3) is 0 Å². The van der Waals surface area contributed by atoms with Crippen LogP contribution in [0.1, 0.15) is 30.6 Å². The fraction of sp³-hybridized carbons (Fsp3) is 0.263. The molecule has 2 amide bonds. The molecular weight excluding hydrogens is 340 g/mol. The van der Waals surface area contributed by atoms with Gasteiger partial charge in [0.25, 0.3) is 11.8 Å². The molecule has 0 heterocycles. The molecule has 0 spiro atoms. The summed E-state index contributed by atoms with van der Waals surface area (Å²) in [6, 6.07) is 13.7. The van der Waals surface area contributed by atoms with E-state index in [1.807, 2.05) is 13.8 Å². The predicted octanol–water partition coefficient (Wildman–Crippen LogP) is 3.89. The molecule has 0 aromatic heterocycles. The first-order valence-electron chi connectivity index (χ1n) is 8.07. The Labute approximate surface area is 152 Å². The van der Waals surface area contributed by atoms with Crippen LogP contribution in [0.3, 0.4) is 0 Å². The highest BCUT2D eigenvalue weighted by Gasteiger charge is 2.14. The summed E-state index contributed by atoms with van der Waals surface area (Å²) in [6.45, 7) is 3.76. The number of benzene rings is 2. The number of hydrogen-bond donors (Lipinski definition) is 2. The molecular formula is C19H21ClN2O3. The standard InChI is InChI=1S/C19H21ClN2O3/c1-3-13(2)21-19(24)16-6-4-5-7-17(16)22-18(23)12-25-15-10-8-14(20)9-11-15/h4-11,13H,3,12H2,1-2H3,(H,21,24)(H,22,23)/t13-/m1/s1. The fourth-order valence-corrected chi connectivity index (χ4v) is 2.19. The Balaban J connectivity index is 1.98. The first-order valence-corrected chi connectivity index (χ1v) is 8.45. The molecule has 132 valence electrons. The molecule has 0 unspecified atom stereocenters. The Morgan fingerprint density at radius 1 is 1.12 bits per heavy atom. The summed E-state index contributed by atoms with van der Waals surface area (Å²) in [4.78, 5) is 24.4. The van der Waals surface area contributed by atoms with Crippen LogP contribution in [0.15, 0.2) is 48.5 Å². The summed E-state index contributed by atoms with van der Waals surface area (Å²) in [5, 5.41) is 6.20. The van der Waals surface area contributed by atoms with Crippen molar-refractivity contribution in [3.8, 4) is 5.75 Å². The molecule has 6 heteroatoms. The van der Waals surface area contributed by atoms with Crippen LogP contribution < -0.4 is 15.4 Å². The van der Waals surface area contributed by atoms with Crippen LogP contribution in [-0.4, -0.2) is 24.5 Å². The minimum Gasteiger partial charge on any atom is -0.484 e. The van der Waals surface area contributed by atoms with Crippen molar-refractivity contribution >= 4 is 29.1 Å². The molecule has 0 saturated heterocycles. The molecule has 0 saturated carbocycles. The monoisotopic (exact) mass is 360 g/mol. The van der Waals surface area contributed by atoms with Crippen LogP contribution >= 0.6 is 11.6 Å². The number of carbonyl (C=O) groups is 2. The lowest BCUT2D eigenvalue weighted by molar-refractivity contribution is -0.118. The molecule has 1 atom stereocenters. The second-order valence-corrected chi connectivity index (χ2v) is 6.06. The largest absolute Gasteiger partial charge is 0.484 e. The fourth-order valence-electron chi connectivity index (χ4n) is 2.06. The zero-order valence-corrected chi connectivity index (χ0v) is 15.0. The number of amides is 2. The van der Waals surface area contributed by atoms with Gasteiger partial charge in [-0.05, 0) is 49.7 Å². The normalized spacial score (nSPS) is 11.5. The van der Waals surface area contributed by atoms with Crippen LogP contribution in [0.4, 0.5) is 5.69 Å². The van der Waals surface area contributed by atoms with Gasteiger partial charge in [-0.1, -0.05) is 30.7 Å². The van der Waals surface area contributed by atoms with Gasteiger partial charge in [0, 0.05) is 11.1 Å². The first-order chi connectivity index (χ1) is 12.0. The topological polar surface area (TPSA) is 67.4 Å². The zero-order valence-electron chi connectivity index (χ0n) is 14.2. The van der Waals surface area contributed by atoms with Crippen molar-refractivity contribution in [2.24, 2.45) is 0 Å². The van der Waals surface area contributed by atoms with E-state index < -0.39 is 0 Å². The number of para-hydroxylation sites is 1. The second-order valence-electron chi connectivity index (χ2n) is 5.62. The summed E-state index contributed by atoms with van der Waals surface area (Å²) >= 11 is 5.80. The molecule has 0 fully saturated rings. The van der Waals surface area contributed by atoms with Crippen molar-refractivity contribution in [3.05, 3.63) is 59.1 Å². The van der Waals surface area contributed by atoms with Crippen LogP contribution in [0.5, 0.6) is 5.75 Å². The Hall–Kier alpha value is -2.53. The van der Waals surface area contributed by atoms with Gasteiger partial charge in [-0.3, -0.25) is 9.59 Å². The highest BCUT2D eigenvalue weighted by molar-refractivity contribution is 6.30. The third kappa shape index (κ3) is 5.80. The first kappa shape index (κ1) is 18.8. The summed E-state index contributed by atoms with van der Waals surface area (Å²) < 4.78 is 5.41. The zero-order chi connectivity index (χ0) is 18.2. The van der Waals surface area contributed by atoms with E-state index in [0.29, 0.717) is 22.0 Å². The van der Waals surface area contributed by atoms with E-state index in [0.717, 1.165) is 6.42 Å².